The summed E-state index contributed by atoms with van der Waals surface area (Å²) in [4.78, 5) is 16.1. The number of halogens is 1. The Hall–Kier alpha value is -3.86. The molecule has 0 atom stereocenters. The first-order valence-corrected chi connectivity index (χ1v) is 8.74. The van der Waals surface area contributed by atoms with Crippen molar-refractivity contribution in [2.45, 2.75) is 0 Å². The Kier molecular flexibility index (Phi) is 3.55. The molecular formula is C23H14FNO3. The van der Waals surface area contributed by atoms with Gasteiger partial charge in [0.05, 0.1) is 11.3 Å². The molecule has 0 radical (unpaired) electrons. The molecule has 0 saturated heterocycles. The molecule has 0 spiro atoms. The highest BCUT2D eigenvalue weighted by atomic mass is 19.1. The lowest BCUT2D eigenvalue weighted by molar-refractivity contribution is 0.101. The Labute approximate surface area is 159 Å². The minimum atomic E-state index is -0.315. The third kappa shape index (κ3) is 2.56. The number of allylic oxidation sites excluding steroid dienone is 1. The number of carbonyl (C=O) groups is 1. The highest BCUT2D eigenvalue weighted by molar-refractivity contribution is 6.15. The summed E-state index contributed by atoms with van der Waals surface area (Å²) in [7, 11) is 0. The normalized spacial score (nSPS) is 14.5. The van der Waals surface area contributed by atoms with Gasteiger partial charge in [0.25, 0.3) is 0 Å². The molecule has 1 aliphatic rings. The number of aromatic hydroxyl groups is 1. The highest BCUT2D eigenvalue weighted by Gasteiger charge is 2.28. The summed E-state index contributed by atoms with van der Waals surface area (Å²) < 4.78 is 19.1. The van der Waals surface area contributed by atoms with Crippen LogP contribution in [0, 0.1) is 5.82 Å². The largest absolute Gasteiger partial charge is 0.508 e. The maximum Gasteiger partial charge on any atom is 0.231 e. The molecule has 5 rings (SSSR count). The monoisotopic (exact) mass is 371 g/mol. The molecule has 4 aromatic rings. The van der Waals surface area contributed by atoms with Gasteiger partial charge in [-0.2, -0.15) is 0 Å². The van der Waals surface area contributed by atoms with Gasteiger partial charge in [0, 0.05) is 22.5 Å². The fraction of sp³-hybridized carbons (Fsp3) is 0. The number of nitrogens with one attached hydrogen (secondary N) is 1. The van der Waals surface area contributed by atoms with Crippen molar-refractivity contribution in [3.63, 3.8) is 0 Å². The van der Waals surface area contributed by atoms with Crippen molar-refractivity contribution >= 4 is 22.8 Å². The number of benzene rings is 3. The van der Waals surface area contributed by atoms with E-state index < -0.39 is 0 Å². The zero-order valence-corrected chi connectivity index (χ0v) is 14.6. The first-order valence-electron chi connectivity index (χ1n) is 8.74. The number of carbonyl (C=O) groups excluding carboxylic acids is 1. The van der Waals surface area contributed by atoms with Crippen molar-refractivity contribution in [1.29, 1.82) is 0 Å². The van der Waals surface area contributed by atoms with E-state index in [0.29, 0.717) is 11.3 Å². The first-order chi connectivity index (χ1) is 13.6. The van der Waals surface area contributed by atoms with Crippen molar-refractivity contribution < 1.29 is 19.0 Å². The summed E-state index contributed by atoms with van der Waals surface area (Å²) in [5.41, 5.74) is 3.65. The van der Waals surface area contributed by atoms with Crippen LogP contribution in [-0.4, -0.2) is 15.9 Å². The van der Waals surface area contributed by atoms with Crippen LogP contribution in [0.5, 0.6) is 11.5 Å². The van der Waals surface area contributed by atoms with E-state index in [4.69, 9.17) is 4.74 Å². The molecule has 0 saturated carbocycles. The molecule has 3 aromatic carbocycles. The standard InChI is InChI=1S/C23H14FNO3/c24-14-7-5-13(6-8-14)22-18(16-3-1-2-4-19(16)25-22)12-21-23(27)17-10-9-15(26)11-20(17)28-21/h1-12,25-26H/b21-12-. The molecule has 5 heteroatoms. The van der Waals surface area contributed by atoms with Crippen LogP contribution < -0.4 is 4.74 Å². The first kappa shape index (κ1) is 16.3. The quantitative estimate of drug-likeness (QED) is 0.470. The average Bonchev–Trinajstić information content (AvgIpc) is 3.21. The van der Waals surface area contributed by atoms with E-state index in [-0.39, 0.29) is 23.1 Å². The maximum absolute atomic E-state index is 13.4. The van der Waals surface area contributed by atoms with Gasteiger partial charge < -0.3 is 14.8 Å². The summed E-state index contributed by atoms with van der Waals surface area (Å²) in [6.07, 6.45) is 1.69. The predicted octanol–water partition coefficient (Wildman–Crippen LogP) is 5.30. The minimum Gasteiger partial charge on any atom is -0.508 e. The number of aromatic nitrogens is 1. The van der Waals surface area contributed by atoms with Crippen LogP contribution in [0.4, 0.5) is 4.39 Å². The lowest BCUT2D eigenvalue weighted by Gasteiger charge is -2.03. The zero-order chi connectivity index (χ0) is 19.3. The number of hydrogen-bond donors (Lipinski definition) is 2. The fourth-order valence-electron chi connectivity index (χ4n) is 3.46. The van der Waals surface area contributed by atoms with Gasteiger partial charge in [-0.05, 0) is 54.1 Å². The lowest BCUT2D eigenvalue weighted by atomic mass is 10.0. The van der Waals surface area contributed by atoms with Gasteiger partial charge in [-0.15, -0.1) is 0 Å². The number of hydrogen-bond acceptors (Lipinski definition) is 3. The Balaban J connectivity index is 1.69. The van der Waals surface area contributed by atoms with Crippen molar-refractivity contribution in [3.8, 4) is 22.8 Å². The molecule has 2 heterocycles. The molecule has 1 aromatic heterocycles. The molecule has 2 N–H and O–H groups in total. The van der Waals surface area contributed by atoms with Crippen molar-refractivity contribution in [1.82, 2.24) is 4.98 Å². The number of ketones is 1. The molecule has 4 nitrogen and oxygen atoms in total. The van der Waals surface area contributed by atoms with Crippen molar-refractivity contribution in [2.24, 2.45) is 0 Å². The second-order valence-electron chi connectivity index (χ2n) is 6.59. The predicted molar refractivity (Wildman–Crippen MR) is 105 cm³/mol. The zero-order valence-electron chi connectivity index (χ0n) is 14.6. The van der Waals surface area contributed by atoms with Gasteiger partial charge >= 0.3 is 0 Å². The van der Waals surface area contributed by atoms with Crippen molar-refractivity contribution in [3.05, 3.63) is 89.4 Å². The Morgan fingerprint density at radius 3 is 2.61 bits per heavy atom. The third-order valence-electron chi connectivity index (χ3n) is 4.81. The Bertz CT molecular complexity index is 1270. The van der Waals surface area contributed by atoms with Crippen LogP contribution in [0.25, 0.3) is 28.2 Å². The molecule has 136 valence electrons. The third-order valence-corrected chi connectivity index (χ3v) is 4.81. The summed E-state index contributed by atoms with van der Waals surface area (Å²) in [6.45, 7) is 0. The average molecular weight is 371 g/mol. The molecule has 0 bridgehead atoms. The van der Waals surface area contributed by atoms with Gasteiger partial charge in [0.1, 0.15) is 17.3 Å². The molecule has 28 heavy (non-hydrogen) atoms. The summed E-state index contributed by atoms with van der Waals surface area (Å²) in [5, 5.41) is 10.6. The number of fused-ring (bicyclic) bond motifs is 2. The summed E-state index contributed by atoms with van der Waals surface area (Å²) in [6, 6.07) is 18.3. The second kappa shape index (κ2) is 6.09. The number of phenols is 1. The van der Waals surface area contributed by atoms with E-state index in [1.165, 1.54) is 24.3 Å². The summed E-state index contributed by atoms with van der Waals surface area (Å²) >= 11 is 0. The van der Waals surface area contributed by atoms with E-state index in [1.54, 1.807) is 24.3 Å². The van der Waals surface area contributed by atoms with Crippen molar-refractivity contribution in [2.75, 3.05) is 0 Å². The molecule has 0 unspecified atom stereocenters. The lowest BCUT2D eigenvalue weighted by Crippen LogP contribution is -1.98. The fourth-order valence-corrected chi connectivity index (χ4v) is 3.46. The SMILES string of the molecule is O=C1/C(=C/c2c(-c3ccc(F)cc3)[nH]c3ccccc23)Oc2cc(O)ccc21. The van der Waals surface area contributed by atoms with Gasteiger partial charge in [0.2, 0.25) is 5.78 Å². The Morgan fingerprint density at radius 2 is 1.79 bits per heavy atom. The molecule has 0 fully saturated rings. The van der Waals surface area contributed by atoms with E-state index >= 15 is 0 Å². The van der Waals surface area contributed by atoms with Crippen LogP contribution in [0.1, 0.15) is 15.9 Å². The van der Waals surface area contributed by atoms with Crippen LogP contribution in [-0.2, 0) is 0 Å². The molecule has 0 aliphatic carbocycles. The number of phenolic OH excluding ortho intramolecular Hbond substituents is 1. The summed E-state index contributed by atoms with van der Waals surface area (Å²) in [5.74, 6) is -0.0188. The van der Waals surface area contributed by atoms with Gasteiger partial charge in [-0.1, -0.05) is 18.2 Å². The Morgan fingerprint density at radius 1 is 1.00 bits per heavy atom. The molecule has 1 aliphatic heterocycles. The van der Waals surface area contributed by atoms with E-state index in [2.05, 4.69) is 4.98 Å². The minimum absolute atomic E-state index is 0.0342. The number of para-hydroxylation sites is 1. The molecular weight excluding hydrogens is 357 g/mol. The molecule has 0 amide bonds. The number of aromatic amines is 1. The van der Waals surface area contributed by atoms with Crippen LogP contribution in [0.3, 0.4) is 0 Å². The van der Waals surface area contributed by atoms with E-state index in [9.17, 15) is 14.3 Å². The topological polar surface area (TPSA) is 62.3 Å². The van der Waals surface area contributed by atoms with Gasteiger partial charge in [0.15, 0.2) is 5.76 Å². The number of H-pyrrole nitrogens is 1. The van der Waals surface area contributed by atoms with Crippen LogP contribution >= 0.6 is 0 Å². The van der Waals surface area contributed by atoms with Gasteiger partial charge in [-0.25, -0.2) is 4.39 Å². The van der Waals surface area contributed by atoms with E-state index in [0.717, 1.165) is 27.7 Å². The smallest absolute Gasteiger partial charge is 0.231 e. The maximum atomic E-state index is 13.4. The number of ether oxygens (including phenoxy) is 1. The number of Topliss-reactive ketones (excluding diaryl/α,β-unsaturated/α-hetero) is 1. The second-order valence-corrected chi connectivity index (χ2v) is 6.59. The number of rotatable bonds is 2. The van der Waals surface area contributed by atoms with E-state index in [1.807, 2.05) is 24.3 Å². The van der Waals surface area contributed by atoms with Crippen LogP contribution in [0.15, 0.2) is 72.5 Å². The van der Waals surface area contributed by atoms with Crippen LogP contribution in [0.2, 0.25) is 0 Å². The highest BCUT2D eigenvalue weighted by Crippen LogP contribution is 2.37. The van der Waals surface area contributed by atoms with Gasteiger partial charge in [-0.3, -0.25) is 4.79 Å².